The van der Waals surface area contributed by atoms with Gasteiger partial charge in [-0.15, -0.1) is 0 Å². The summed E-state index contributed by atoms with van der Waals surface area (Å²) >= 11 is 12.1. The maximum absolute atomic E-state index is 13.4. The molecule has 1 aliphatic heterocycles. The van der Waals surface area contributed by atoms with Gasteiger partial charge in [-0.25, -0.2) is 9.80 Å². The lowest BCUT2D eigenvalue weighted by atomic mass is 10.2. The second-order valence-corrected chi connectivity index (χ2v) is 7.95. The van der Waals surface area contributed by atoms with Crippen molar-refractivity contribution < 1.29 is 0 Å². The lowest BCUT2D eigenvalue weighted by Crippen LogP contribution is -2.40. The van der Waals surface area contributed by atoms with Crippen LogP contribution in [0.2, 0.25) is 10.0 Å². The Labute approximate surface area is 182 Å². The molecule has 1 aliphatic rings. The summed E-state index contributed by atoms with van der Waals surface area (Å²) < 4.78 is 4.39. The highest BCUT2D eigenvalue weighted by atomic mass is 35.5. The first kappa shape index (κ1) is 20.4. The molecular weight excluding hydrogens is 427 g/mol. The number of benzene rings is 1. The number of aromatic nitrogens is 4. The van der Waals surface area contributed by atoms with Crippen LogP contribution in [0.25, 0.3) is 11.2 Å². The van der Waals surface area contributed by atoms with E-state index >= 15 is 0 Å². The second-order valence-electron chi connectivity index (χ2n) is 7.14. The Balaban J connectivity index is 1.91. The summed E-state index contributed by atoms with van der Waals surface area (Å²) in [6.07, 6.45) is 3.87. The Morgan fingerprint density at radius 2 is 1.97 bits per heavy atom. The Hall–Kier alpha value is -2.84. The van der Waals surface area contributed by atoms with Gasteiger partial charge in [0.15, 0.2) is 11.2 Å². The average molecular weight is 447 g/mol. The van der Waals surface area contributed by atoms with Crippen molar-refractivity contribution in [3.8, 4) is 0 Å². The van der Waals surface area contributed by atoms with E-state index in [1.807, 2.05) is 30.6 Å². The minimum absolute atomic E-state index is 0.0776. The Bertz CT molecular complexity index is 1330. The molecule has 3 heterocycles. The molecule has 0 saturated heterocycles. The van der Waals surface area contributed by atoms with Crippen molar-refractivity contribution in [1.82, 2.24) is 18.7 Å². The van der Waals surface area contributed by atoms with E-state index in [0.717, 1.165) is 5.71 Å². The Kier molecular flexibility index (Phi) is 5.29. The van der Waals surface area contributed by atoms with Crippen molar-refractivity contribution in [2.45, 2.75) is 26.9 Å². The van der Waals surface area contributed by atoms with Crippen LogP contribution in [0.5, 0.6) is 0 Å². The first-order chi connectivity index (χ1) is 14.3. The lowest BCUT2D eigenvalue weighted by Gasteiger charge is -2.23. The summed E-state index contributed by atoms with van der Waals surface area (Å²) in [5.41, 5.74) is 1.39. The smallest absolute Gasteiger partial charge is 0.297 e. The van der Waals surface area contributed by atoms with E-state index in [1.54, 1.807) is 30.3 Å². The first-order valence-corrected chi connectivity index (χ1v) is 10.1. The van der Waals surface area contributed by atoms with Gasteiger partial charge >= 0.3 is 5.69 Å². The number of hydrogen-bond donors (Lipinski definition) is 0. The monoisotopic (exact) mass is 446 g/mol. The zero-order chi connectivity index (χ0) is 21.6. The van der Waals surface area contributed by atoms with E-state index in [4.69, 9.17) is 23.2 Å². The highest BCUT2D eigenvalue weighted by Crippen LogP contribution is 2.24. The maximum Gasteiger partial charge on any atom is 0.332 e. The highest BCUT2D eigenvalue weighted by molar-refractivity contribution is 6.42. The summed E-state index contributed by atoms with van der Waals surface area (Å²) in [6, 6.07) is 5.04. The standard InChI is InChI=1S/C20H20Cl2N6O2/c1-4-5-8-28-19-23-17-16(26(19)10-12(2)24-28)18(29)27(20(30)25(17)3)11-13-6-7-14(21)15(22)9-13/h4-7,9H,8,10-11H2,1-3H3. The van der Waals surface area contributed by atoms with Crippen LogP contribution in [0, 0.1) is 0 Å². The number of hydrazone groups is 1. The second kappa shape index (κ2) is 7.77. The Morgan fingerprint density at radius 1 is 1.20 bits per heavy atom. The van der Waals surface area contributed by atoms with Crippen LogP contribution in [0.15, 0.2) is 45.0 Å². The number of hydrogen-bond acceptors (Lipinski definition) is 5. The molecule has 0 spiro atoms. The van der Waals surface area contributed by atoms with E-state index < -0.39 is 11.2 Å². The van der Waals surface area contributed by atoms with E-state index in [0.29, 0.717) is 45.8 Å². The van der Waals surface area contributed by atoms with Crippen molar-refractivity contribution in [2.24, 2.45) is 12.1 Å². The number of allylic oxidation sites excluding steroid dienone is 1. The van der Waals surface area contributed by atoms with Gasteiger partial charge in [-0.05, 0) is 31.5 Å². The number of rotatable bonds is 4. The molecule has 0 amide bonds. The number of imidazole rings is 1. The molecule has 0 atom stereocenters. The molecule has 0 saturated carbocycles. The fourth-order valence-electron chi connectivity index (χ4n) is 3.51. The van der Waals surface area contributed by atoms with Gasteiger partial charge in [-0.3, -0.25) is 18.5 Å². The average Bonchev–Trinajstić information content (AvgIpc) is 3.10. The molecule has 0 radical (unpaired) electrons. The van der Waals surface area contributed by atoms with Gasteiger partial charge in [0.1, 0.15) is 0 Å². The van der Waals surface area contributed by atoms with E-state index in [-0.39, 0.29) is 6.54 Å². The van der Waals surface area contributed by atoms with E-state index in [1.165, 1.54) is 9.13 Å². The van der Waals surface area contributed by atoms with Crippen LogP contribution in [-0.2, 0) is 20.1 Å². The van der Waals surface area contributed by atoms with Crippen molar-refractivity contribution in [2.75, 3.05) is 11.6 Å². The van der Waals surface area contributed by atoms with Gasteiger partial charge in [0.25, 0.3) is 5.56 Å². The fraction of sp³-hybridized carbons (Fsp3) is 0.300. The molecule has 0 aliphatic carbocycles. The quantitative estimate of drug-likeness (QED) is 0.577. The lowest BCUT2D eigenvalue weighted by molar-refractivity contribution is 0.653. The van der Waals surface area contributed by atoms with Crippen molar-refractivity contribution in [3.63, 3.8) is 0 Å². The van der Waals surface area contributed by atoms with Crippen LogP contribution in [0.1, 0.15) is 19.4 Å². The third kappa shape index (κ3) is 3.36. The molecule has 8 nitrogen and oxygen atoms in total. The van der Waals surface area contributed by atoms with Gasteiger partial charge in [-0.1, -0.05) is 41.4 Å². The summed E-state index contributed by atoms with van der Waals surface area (Å²) in [4.78, 5) is 30.9. The molecule has 4 rings (SSSR count). The number of anilines is 1. The molecule has 1 aromatic carbocycles. The van der Waals surface area contributed by atoms with Crippen molar-refractivity contribution >= 4 is 46.0 Å². The van der Waals surface area contributed by atoms with Crippen molar-refractivity contribution in [3.05, 3.63) is 66.8 Å². The molecule has 10 heteroatoms. The minimum Gasteiger partial charge on any atom is -0.297 e. The van der Waals surface area contributed by atoms with Crippen LogP contribution in [0.3, 0.4) is 0 Å². The zero-order valence-electron chi connectivity index (χ0n) is 16.8. The minimum atomic E-state index is -0.452. The molecule has 2 aromatic heterocycles. The topological polar surface area (TPSA) is 77.4 Å². The van der Waals surface area contributed by atoms with Gasteiger partial charge < -0.3 is 0 Å². The fourth-order valence-corrected chi connectivity index (χ4v) is 3.83. The highest BCUT2D eigenvalue weighted by Gasteiger charge is 2.26. The first-order valence-electron chi connectivity index (χ1n) is 9.38. The van der Waals surface area contributed by atoms with Gasteiger partial charge in [0, 0.05) is 7.05 Å². The van der Waals surface area contributed by atoms with Gasteiger partial charge in [-0.2, -0.15) is 10.1 Å². The molecule has 0 unspecified atom stereocenters. The molecule has 3 aromatic rings. The number of nitrogens with zero attached hydrogens (tertiary/aromatic N) is 6. The number of fused-ring (bicyclic) bond motifs is 3. The molecule has 0 fully saturated rings. The zero-order valence-corrected chi connectivity index (χ0v) is 18.3. The third-order valence-electron chi connectivity index (χ3n) is 4.96. The normalized spacial score (nSPS) is 13.9. The largest absolute Gasteiger partial charge is 0.332 e. The van der Waals surface area contributed by atoms with Crippen molar-refractivity contribution in [1.29, 1.82) is 0 Å². The van der Waals surface area contributed by atoms with Crippen LogP contribution >= 0.6 is 23.2 Å². The molecule has 0 bridgehead atoms. The molecule has 0 N–H and O–H groups in total. The predicted molar refractivity (Wildman–Crippen MR) is 120 cm³/mol. The summed E-state index contributed by atoms with van der Waals surface area (Å²) in [5.74, 6) is 0.535. The van der Waals surface area contributed by atoms with Crippen LogP contribution in [0.4, 0.5) is 5.95 Å². The van der Waals surface area contributed by atoms with Crippen LogP contribution in [-0.4, -0.2) is 30.9 Å². The number of aryl methyl sites for hydroxylation is 1. The van der Waals surface area contributed by atoms with E-state index in [9.17, 15) is 9.59 Å². The predicted octanol–water partition coefficient (Wildman–Crippen LogP) is 3.02. The van der Waals surface area contributed by atoms with Crippen LogP contribution < -0.4 is 16.3 Å². The maximum atomic E-state index is 13.4. The summed E-state index contributed by atoms with van der Waals surface area (Å²) in [6.45, 7) is 4.84. The third-order valence-corrected chi connectivity index (χ3v) is 5.70. The number of halogens is 2. The SMILES string of the molecule is CC=CCN1N=C(C)Cn2c1nc1c2c(=O)n(Cc2ccc(Cl)c(Cl)c2)c(=O)n1C. The van der Waals surface area contributed by atoms with Gasteiger partial charge in [0.2, 0.25) is 5.95 Å². The summed E-state index contributed by atoms with van der Waals surface area (Å²) in [7, 11) is 1.61. The van der Waals surface area contributed by atoms with Gasteiger partial charge in [0.05, 0.1) is 35.4 Å². The molecule has 156 valence electrons. The molecule has 30 heavy (non-hydrogen) atoms. The van der Waals surface area contributed by atoms with E-state index in [2.05, 4.69) is 10.1 Å². The molecular formula is C20H20Cl2N6O2. The summed E-state index contributed by atoms with van der Waals surface area (Å²) in [5, 5.41) is 7.05. The Morgan fingerprint density at radius 3 is 2.67 bits per heavy atom.